The summed E-state index contributed by atoms with van der Waals surface area (Å²) in [5, 5.41) is 3.29. The van der Waals surface area contributed by atoms with Gasteiger partial charge in [0.05, 0.1) is 7.11 Å². The summed E-state index contributed by atoms with van der Waals surface area (Å²) < 4.78 is 5.35. The van der Waals surface area contributed by atoms with Gasteiger partial charge in [-0.05, 0) is 49.3 Å². The summed E-state index contributed by atoms with van der Waals surface area (Å²) in [6.07, 6.45) is 3.89. The van der Waals surface area contributed by atoms with Crippen LogP contribution < -0.4 is 10.1 Å². The molecular weight excluding hydrogens is 284 g/mol. The lowest BCUT2D eigenvalue weighted by Gasteiger charge is -2.13. The molecule has 0 heterocycles. The predicted molar refractivity (Wildman–Crippen MR) is 102 cm³/mol. The summed E-state index contributed by atoms with van der Waals surface area (Å²) in [5.74, 6) is 0.789. The minimum absolute atomic E-state index is 0.617. The van der Waals surface area contributed by atoms with Gasteiger partial charge in [0.25, 0.3) is 0 Å². The molecule has 122 valence electrons. The standard InChI is InChI=1S/C20H26N2O/c1-14(2)18-10-19(12-20(11-18)23-7)17(5)22-13-15(3)8-9-16(4)21-6/h8-12,22H,1,3,5,13H2,2,4,6-7H3/b9-8-,21-16?. The summed E-state index contributed by atoms with van der Waals surface area (Å²) in [7, 11) is 3.42. The molecule has 0 aliphatic carbocycles. The molecule has 1 aromatic carbocycles. The van der Waals surface area contributed by atoms with Gasteiger partial charge in [-0.1, -0.05) is 31.4 Å². The smallest absolute Gasteiger partial charge is 0.120 e. The fourth-order valence-corrected chi connectivity index (χ4v) is 1.83. The molecule has 1 N–H and O–H groups in total. The van der Waals surface area contributed by atoms with E-state index in [1.54, 1.807) is 14.2 Å². The quantitative estimate of drug-likeness (QED) is 0.567. The fraction of sp³-hybridized carbons (Fsp3) is 0.250. The Bertz CT molecular complexity index is 666. The first-order valence-corrected chi connectivity index (χ1v) is 7.44. The Balaban J connectivity index is 2.78. The molecule has 0 aliphatic heterocycles. The number of nitrogens with zero attached hydrogens (tertiary/aromatic N) is 1. The number of allylic oxidation sites excluding steroid dienone is 2. The van der Waals surface area contributed by atoms with E-state index < -0.39 is 0 Å². The molecule has 1 aromatic rings. The second kappa shape index (κ2) is 8.79. The molecule has 0 amide bonds. The summed E-state index contributed by atoms with van der Waals surface area (Å²) >= 11 is 0. The van der Waals surface area contributed by atoms with Crippen LogP contribution in [0.1, 0.15) is 25.0 Å². The molecule has 0 aromatic heterocycles. The minimum Gasteiger partial charge on any atom is -0.497 e. The lowest BCUT2D eigenvalue weighted by atomic mass is 10.0. The van der Waals surface area contributed by atoms with Crippen molar-refractivity contribution in [3.8, 4) is 5.75 Å². The van der Waals surface area contributed by atoms with Crippen molar-refractivity contribution in [2.75, 3.05) is 20.7 Å². The molecule has 23 heavy (non-hydrogen) atoms. The van der Waals surface area contributed by atoms with Gasteiger partial charge in [0.1, 0.15) is 5.75 Å². The number of aliphatic imine (C=N–C) groups is 1. The molecule has 0 unspecified atom stereocenters. The summed E-state index contributed by atoms with van der Waals surface area (Å²) in [4.78, 5) is 4.08. The van der Waals surface area contributed by atoms with Crippen molar-refractivity contribution in [3.63, 3.8) is 0 Å². The number of ether oxygens (including phenoxy) is 1. The Hall–Kier alpha value is -2.55. The maximum atomic E-state index is 5.35. The summed E-state index contributed by atoms with van der Waals surface area (Å²) in [6, 6.07) is 5.97. The second-order valence-electron chi connectivity index (χ2n) is 5.42. The third kappa shape index (κ3) is 5.99. The molecule has 0 radical (unpaired) electrons. The van der Waals surface area contributed by atoms with Crippen LogP contribution in [-0.2, 0) is 0 Å². The molecule has 0 saturated carbocycles. The molecule has 0 fully saturated rings. The normalized spacial score (nSPS) is 11.4. The van der Waals surface area contributed by atoms with Crippen molar-refractivity contribution >= 4 is 17.0 Å². The van der Waals surface area contributed by atoms with Crippen molar-refractivity contribution < 1.29 is 4.74 Å². The van der Waals surface area contributed by atoms with Crippen LogP contribution in [0, 0.1) is 0 Å². The number of nitrogens with one attached hydrogen (secondary N) is 1. The van der Waals surface area contributed by atoms with Crippen LogP contribution >= 0.6 is 0 Å². The second-order valence-corrected chi connectivity index (χ2v) is 5.42. The Kier molecular flexibility index (Phi) is 7.07. The zero-order valence-electron chi connectivity index (χ0n) is 14.6. The van der Waals surface area contributed by atoms with Crippen LogP contribution in [0.25, 0.3) is 11.3 Å². The zero-order chi connectivity index (χ0) is 17.4. The largest absolute Gasteiger partial charge is 0.497 e. The Labute approximate surface area is 139 Å². The highest BCUT2D eigenvalue weighted by Gasteiger charge is 2.05. The monoisotopic (exact) mass is 310 g/mol. The number of hydrogen-bond donors (Lipinski definition) is 1. The van der Waals surface area contributed by atoms with Crippen LogP contribution in [0.15, 0.2) is 60.7 Å². The van der Waals surface area contributed by atoms with Crippen molar-refractivity contribution in [3.05, 3.63) is 66.8 Å². The summed E-state index contributed by atoms with van der Waals surface area (Å²) in [5.41, 5.74) is 5.74. The van der Waals surface area contributed by atoms with Gasteiger partial charge < -0.3 is 10.1 Å². The van der Waals surface area contributed by atoms with Gasteiger partial charge in [-0.25, -0.2) is 0 Å². The molecule has 0 saturated heterocycles. The van der Waals surface area contributed by atoms with Crippen LogP contribution in [-0.4, -0.2) is 26.4 Å². The van der Waals surface area contributed by atoms with Crippen molar-refractivity contribution in [1.82, 2.24) is 5.32 Å². The molecule has 3 heteroatoms. The van der Waals surface area contributed by atoms with Crippen molar-refractivity contribution in [2.45, 2.75) is 13.8 Å². The molecule has 0 spiro atoms. The van der Waals surface area contributed by atoms with Crippen LogP contribution in [0.5, 0.6) is 5.75 Å². The lowest BCUT2D eigenvalue weighted by Crippen LogP contribution is -2.14. The van der Waals surface area contributed by atoms with Crippen LogP contribution in [0.4, 0.5) is 0 Å². The Morgan fingerprint density at radius 3 is 2.35 bits per heavy atom. The average molecular weight is 310 g/mol. The topological polar surface area (TPSA) is 33.6 Å². The fourth-order valence-electron chi connectivity index (χ4n) is 1.83. The van der Waals surface area contributed by atoms with E-state index in [2.05, 4.69) is 30.0 Å². The number of rotatable bonds is 8. The first kappa shape index (κ1) is 18.5. The lowest BCUT2D eigenvalue weighted by molar-refractivity contribution is 0.414. The van der Waals surface area contributed by atoms with Gasteiger partial charge in [-0.2, -0.15) is 0 Å². The molecule has 3 nitrogen and oxygen atoms in total. The maximum absolute atomic E-state index is 5.35. The van der Waals surface area contributed by atoms with Gasteiger partial charge in [0.15, 0.2) is 0 Å². The van der Waals surface area contributed by atoms with Gasteiger partial charge in [-0.3, -0.25) is 4.99 Å². The first-order valence-electron chi connectivity index (χ1n) is 7.44. The zero-order valence-corrected chi connectivity index (χ0v) is 14.6. The highest BCUT2D eigenvalue weighted by molar-refractivity contribution is 5.93. The summed E-state index contributed by atoms with van der Waals surface area (Å²) in [6.45, 7) is 16.6. The van der Waals surface area contributed by atoms with Crippen molar-refractivity contribution in [1.29, 1.82) is 0 Å². The first-order chi connectivity index (χ1) is 10.9. The highest BCUT2D eigenvalue weighted by atomic mass is 16.5. The molecule has 0 atom stereocenters. The van der Waals surface area contributed by atoms with Crippen LogP contribution in [0.3, 0.4) is 0 Å². The van der Waals surface area contributed by atoms with Gasteiger partial charge in [-0.15, -0.1) is 0 Å². The van der Waals surface area contributed by atoms with E-state index in [0.717, 1.165) is 39.4 Å². The molecular formula is C20H26N2O. The van der Waals surface area contributed by atoms with E-state index in [9.17, 15) is 0 Å². The maximum Gasteiger partial charge on any atom is 0.120 e. The molecule has 0 bridgehead atoms. The predicted octanol–water partition coefficient (Wildman–Crippen LogP) is 4.49. The van der Waals surface area contributed by atoms with Crippen molar-refractivity contribution in [2.24, 2.45) is 4.99 Å². The van der Waals surface area contributed by atoms with E-state index in [1.807, 2.05) is 44.2 Å². The van der Waals surface area contributed by atoms with E-state index in [0.29, 0.717) is 6.54 Å². The third-order valence-corrected chi connectivity index (χ3v) is 3.43. The third-order valence-electron chi connectivity index (χ3n) is 3.43. The Morgan fingerprint density at radius 2 is 1.78 bits per heavy atom. The number of methoxy groups -OCH3 is 1. The SMILES string of the molecule is C=C(/C=C\C(C)=NC)CNC(=C)c1cc(OC)cc(C(=C)C)c1. The van der Waals surface area contributed by atoms with Gasteiger partial charge >= 0.3 is 0 Å². The molecule has 1 rings (SSSR count). The number of benzene rings is 1. The van der Waals surface area contributed by atoms with Crippen LogP contribution in [0.2, 0.25) is 0 Å². The Morgan fingerprint density at radius 1 is 1.13 bits per heavy atom. The highest BCUT2D eigenvalue weighted by Crippen LogP contribution is 2.24. The van der Waals surface area contributed by atoms with E-state index >= 15 is 0 Å². The van der Waals surface area contributed by atoms with E-state index in [1.165, 1.54) is 0 Å². The van der Waals surface area contributed by atoms with E-state index in [-0.39, 0.29) is 0 Å². The van der Waals surface area contributed by atoms with Gasteiger partial charge in [0.2, 0.25) is 0 Å². The minimum atomic E-state index is 0.617. The van der Waals surface area contributed by atoms with Gasteiger partial charge in [0, 0.05) is 30.6 Å². The number of hydrogen-bond acceptors (Lipinski definition) is 3. The van der Waals surface area contributed by atoms with E-state index in [4.69, 9.17) is 4.74 Å². The average Bonchev–Trinajstić information content (AvgIpc) is 2.56. The molecule has 0 aliphatic rings.